The Labute approximate surface area is 107 Å². The number of benzene rings is 1. The molecule has 0 radical (unpaired) electrons. The van der Waals surface area contributed by atoms with E-state index >= 15 is 0 Å². The van der Waals surface area contributed by atoms with Crippen molar-refractivity contribution in [1.82, 2.24) is 10.5 Å². The van der Waals surface area contributed by atoms with Crippen molar-refractivity contribution >= 4 is 0 Å². The zero-order valence-corrected chi connectivity index (χ0v) is 10.8. The molecule has 0 atom stereocenters. The van der Waals surface area contributed by atoms with Gasteiger partial charge in [0.2, 0.25) is 0 Å². The van der Waals surface area contributed by atoms with E-state index in [2.05, 4.69) is 23.5 Å². The van der Waals surface area contributed by atoms with Gasteiger partial charge in [-0.05, 0) is 19.5 Å². The fourth-order valence-electron chi connectivity index (χ4n) is 1.68. The Kier molecular flexibility index (Phi) is 4.36. The van der Waals surface area contributed by atoms with Crippen LogP contribution < -0.4 is 10.1 Å². The lowest BCUT2D eigenvalue weighted by Crippen LogP contribution is -2.12. The Hall–Kier alpha value is -1.81. The summed E-state index contributed by atoms with van der Waals surface area (Å²) in [6, 6.07) is 9.89. The summed E-state index contributed by atoms with van der Waals surface area (Å²) in [6.07, 6.45) is 0. The average molecular weight is 246 g/mol. The van der Waals surface area contributed by atoms with Crippen LogP contribution in [0.3, 0.4) is 0 Å². The molecule has 0 saturated heterocycles. The Morgan fingerprint density at radius 2 is 2.17 bits per heavy atom. The summed E-state index contributed by atoms with van der Waals surface area (Å²) in [4.78, 5) is 0. The molecule has 0 unspecified atom stereocenters. The summed E-state index contributed by atoms with van der Waals surface area (Å²) < 4.78 is 10.9. The van der Waals surface area contributed by atoms with Crippen molar-refractivity contribution in [2.75, 3.05) is 6.54 Å². The minimum Gasteiger partial charge on any atom is -0.485 e. The molecule has 2 aromatic rings. The van der Waals surface area contributed by atoms with Crippen LogP contribution >= 0.6 is 0 Å². The summed E-state index contributed by atoms with van der Waals surface area (Å²) in [5.74, 6) is 1.62. The molecule has 1 aromatic heterocycles. The molecular weight excluding hydrogens is 228 g/mol. The predicted molar refractivity (Wildman–Crippen MR) is 69.4 cm³/mol. The molecule has 18 heavy (non-hydrogen) atoms. The molecule has 2 rings (SSSR count). The summed E-state index contributed by atoms with van der Waals surface area (Å²) in [7, 11) is 0. The van der Waals surface area contributed by atoms with Gasteiger partial charge in [-0.1, -0.05) is 30.3 Å². The molecule has 0 bridgehead atoms. The maximum Gasteiger partial charge on any atom is 0.174 e. The third-order valence-electron chi connectivity index (χ3n) is 2.58. The monoisotopic (exact) mass is 246 g/mol. The number of hydrogen-bond acceptors (Lipinski definition) is 4. The topological polar surface area (TPSA) is 47.3 Å². The summed E-state index contributed by atoms with van der Waals surface area (Å²) >= 11 is 0. The molecular formula is C14H18N2O2. The van der Waals surface area contributed by atoms with Crippen LogP contribution in [-0.4, -0.2) is 11.7 Å². The predicted octanol–water partition coefficient (Wildman–Crippen LogP) is 2.67. The van der Waals surface area contributed by atoms with E-state index in [9.17, 15) is 0 Å². The van der Waals surface area contributed by atoms with E-state index in [0.29, 0.717) is 6.61 Å². The third-order valence-corrected chi connectivity index (χ3v) is 2.58. The highest BCUT2D eigenvalue weighted by Gasteiger charge is 2.05. The number of nitrogens with zero attached hydrogens (tertiary/aromatic N) is 1. The number of rotatable bonds is 6. The molecule has 0 spiro atoms. The van der Waals surface area contributed by atoms with Gasteiger partial charge < -0.3 is 14.6 Å². The maximum absolute atomic E-state index is 5.76. The lowest BCUT2D eigenvalue weighted by atomic mass is 10.2. The number of para-hydroxylation sites is 1. The zero-order chi connectivity index (χ0) is 12.8. The summed E-state index contributed by atoms with van der Waals surface area (Å²) in [5.41, 5.74) is 2.02. The second-order valence-electron chi connectivity index (χ2n) is 4.11. The lowest BCUT2D eigenvalue weighted by Gasteiger charge is -2.10. The Balaban J connectivity index is 1.99. The number of nitrogens with one attached hydrogen (secondary N) is 1. The molecule has 1 heterocycles. The maximum atomic E-state index is 5.76. The normalized spacial score (nSPS) is 10.6. The van der Waals surface area contributed by atoms with Crippen molar-refractivity contribution in [3.05, 3.63) is 47.3 Å². The molecule has 0 fully saturated rings. The smallest absolute Gasteiger partial charge is 0.174 e. The van der Waals surface area contributed by atoms with E-state index in [1.165, 1.54) is 0 Å². The first-order chi connectivity index (χ1) is 8.79. The van der Waals surface area contributed by atoms with E-state index < -0.39 is 0 Å². The molecule has 0 amide bonds. The number of aromatic nitrogens is 1. The first kappa shape index (κ1) is 12.6. The number of aryl methyl sites for hydroxylation is 1. The quantitative estimate of drug-likeness (QED) is 0.851. The highest BCUT2D eigenvalue weighted by atomic mass is 16.5. The van der Waals surface area contributed by atoms with Crippen LogP contribution in [0.1, 0.15) is 23.9 Å². The van der Waals surface area contributed by atoms with Gasteiger partial charge in [0.25, 0.3) is 0 Å². The highest BCUT2D eigenvalue weighted by molar-refractivity contribution is 5.33. The Morgan fingerprint density at radius 3 is 2.89 bits per heavy atom. The molecule has 1 aromatic carbocycles. The average Bonchev–Trinajstić information content (AvgIpc) is 2.81. The Morgan fingerprint density at radius 1 is 1.33 bits per heavy atom. The second-order valence-corrected chi connectivity index (χ2v) is 4.11. The molecule has 96 valence electrons. The van der Waals surface area contributed by atoms with E-state index in [1.54, 1.807) is 0 Å². The first-order valence-corrected chi connectivity index (χ1v) is 6.13. The van der Waals surface area contributed by atoms with E-state index in [-0.39, 0.29) is 0 Å². The molecule has 0 aliphatic carbocycles. The minimum absolute atomic E-state index is 0.407. The minimum atomic E-state index is 0.407. The molecule has 4 nitrogen and oxygen atoms in total. The van der Waals surface area contributed by atoms with Crippen LogP contribution in [0.4, 0.5) is 0 Å². The largest absolute Gasteiger partial charge is 0.485 e. The van der Waals surface area contributed by atoms with E-state index in [0.717, 1.165) is 35.9 Å². The number of ether oxygens (including phenoxy) is 1. The zero-order valence-electron chi connectivity index (χ0n) is 10.8. The molecule has 0 aliphatic heterocycles. The number of hydrogen-bond donors (Lipinski definition) is 1. The van der Waals surface area contributed by atoms with Gasteiger partial charge in [-0.2, -0.15) is 0 Å². The highest BCUT2D eigenvalue weighted by Crippen LogP contribution is 2.19. The van der Waals surface area contributed by atoms with Gasteiger partial charge in [0, 0.05) is 18.2 Å². The van der Waals surface area contributed by atoms with Gasteiger partial charge in [-0.3, -0.25) is 0 Å². The summed E-state index contributed by atoms with van der Waals surface area (Å²) in [5, 5.41) is 7.13. The molecule has 0 aliphatic rings. The van der Waals surface area contributed by atoms with Crippen LogP contribution in [0, 0.1) is 6.92 Å². The van der Waals surface area contributed by atoms with Gasteiger partial charge in [-0.25, -0.2) is 0 Å². The van der Waals surface area contributed by atoms with Crippen molar-refractivity contribution in [3.8, 4) is 5.75 Å². The van der Waals surface area contributed by atoms with Gasteiger partial charge in [0.1, 0.15) is 12.4 Å². The fourth-order valence-corrected chi connectivity index (χ4v) is 1.68. The first-order valence-electron chi connectivity index (χ1n) is 6.13. The standard InChI is InChI=1S/C14H18N2O2/c1-3-15-9-12-6-4-5-7-14(12)17-10-13-8-11(2)16-18-13/h4-8,15H,3,9-10H2,1-2H3. The van der Waals surface area contributed by atoms with Gasteiger partial charge in [0.15, 0.2) is 5.76 Å². The lowest BCUT2D eigenvalue weighted by molar-refractivity contribution is 0.246. The van der Waals surface area contributed by atoms with Gasteiger partial charge in [-0.15, -0.1) is 0 Å². The van der Waals surface area contributed by atoms with Gasteiger partial charge in [0.05, 0.1) is 5.69 Å². The van der Waals surface area contributed by atoms with Crippen LogP contribution in [0.2, 0.25) is 0 Å². The van der Waals surface area contributed by atoms with Crippen LogP contribution in [0.15, 0.2) is 34.9 Å². The molecule has 0 saturated carbocycles. The van der Waals surface area contributed by atoms with E-state index in [4.69, 9.17) is 9.26 Å². The van der Waals surface area contributed by atoms with Crippen molar-refractivity contribution in [1.29, 1.82) is 0 Å². The van der Waals surface area contributed by atoms with Crippen molar-refractivity contribution in [2.24, 2.45) is 0 Å². The Bertz CT molecular complexity index is 494. The SMILES string of the molecule is CCNCc1ccccc1OCc1cc(C)no1. The van der Waals surface area contributed by atoms with Crippen molar-refractivity contribution in [3.63, 3.8) is 0 Å². The van der Waals surface area contributed by atoms with E-state index in [1.807, 2.05) is 31.2 Å². The molecule has 4 heteroatoms. The van der Waals surface area contributed by atoms with Crippen LogP contribution in [0.25, 0.3) is 0 Å². The van der Waals surface area contributed by atoms with Crippen LogP contribution in [0.5, 0.6) is 5.75 Å². The fraction of sp³-hybridized carbons (Fsp3) is 0.357. The van der Waals surface area contributed by atoms with Crippen LogP contribution in [-0.2, 0) is 13.2 Å². The molecule has 1 N–H and O–H groups in total. The van der Waals surface area contributed by atoms with Crippen molar-refractivity contribution in [2.45, 2.75) is 27.0 Å². The van der Waals surface area contributed by atoms with Crippen molar-refractivity contribution < 1.29 is 9.26 Å². The third kappa shape index (κ3) is 3.34. The summed E-state index contributed by atoms with van der Waals surface area (Å²) in [6.45, 7) is 6.13. The van der Waals surface area contributed by atoms with Gasteiger partial charge >= 0.3 is 0 Å². The second kappa shape index (κ2) is 6.21.